The summed E-state index contributed by atoms with van der Waals surface area (Å²) < 4.78 is 0.959. The van der Waals surface area contributed by atoms with Crippen LogP contribution < -0.4 is 5.32 Å². The van der Waals surface area contributed by atoms with E-state index in [1.54, 1.807) is 11.3 Å². The van der Waals surface area contributed by atoms with E-state index in [1.807, 2.05) is 12.3 Å². The maximum atomic E-state index is 4.59. The van der Waals surface area contributed by atoms with Crippen LogP contribution in [0.15, 0.2) is 9.85 Å². The summed E-state index contributed by atoms with van der Waals surface area (Å²) in [7, 11) is 0. The lowest BCUT2D eigenvalue weighted by atomic mass is 10.3. The Labute approximate surface area is 125 Å². The van der Waals surface area contributed by atoms with Gasteiger partial charge in [-0.05, 0) is 35.7 Å². The van der Waals surface area contributed by atoms with E-state index in [-0.39, 0.29) is 0 Å². The highest BCUT2D eigenvalue weighted by atomic mass is 79.9. The zero-order valence-electron chi connectivity index (χ0n) is 11.3. The number of rotatable bonds is 5. The molecule has 0 aromatic carbocycles. The third-order valence-corrected chi connectivity index (χ3v) is 4.40. The fourth-order valence-corrected chi connectivity index (χ4v) is 2.97. The Morgan fingerprint density at radius 3 is 2.63 bits per heavy atom. The first kappa shape index (κ1) is 14.4. The zero-order chi connectivity index (χ0) is 13.8. The van der Waals surface area contributed by atoms with Crippen molar-refractivity contribution in [2.45, 2.75) is 33.6 Å². The molecule has 1 N–H and O–H groups in total. The number of aromatic nitrogens is 3. The van der Waals surface area contributed by atoms with E-state index in [0.717, 1.165) is 46.1 Å². The van der Waals surface area contributed by atoms with Gasteiger partial charge in [-0.2, -0.15) is 0 Å². The normalized spacial score (nSPS) is 10.7. The molecular formula is C13H17BrN4S. The average Bonchev–Trinajstić information content (AvgIpc) is 2.84. The van der Waals surface area contributed by atoms with Gasteiger partial charge < -0.3 is 5.32 Å². The topological polar surface area (TPSA) is 50.7 Å². The Balaban J connectivity index is 2.44. The number of hydrogen-bond acceptors (Lipinski definition) is 5. The van der Waals surface area contributed by atoms with Crippen LogP contribution in [0.5, 0.6) is 0 Å². The largest absolute Gasteiger partial charge is 0.369 e. The fraction of sp³-hybridized carbons (Fsp3) is 0.462. The van der Waals surface area contributed by atoms with Crippen LogP contribution in [0.2, 0.25) is 0 Å². The van der Waals surface area contributed by atoms with Gasteiger partial charge in [0, 0.05) is 17.6 Å². The van der Waals surface area contributed by atoms with Gasteiger partial charge in [0.25, 0.3) is 0 Å². The molecule has 6 heteroatoms. The van der Waals surface area contributed by atoms with Gasteiger partial charge in [0.1, 0.15) is 5.82 Å². The van der Waals surface area contributed by atoms with Crippen molar-refractivity contribution in [2.75, 3.05) is 11.9 Å². The van der Waals surface area contributed by atoms with Crippen LogP contribution in [0.3, 0.4) is 0 Å². The minimum Gasteiger partial charge on any atom is -0.369 e. The second-order valence-electron chi connectivity index (χ2n) is 4.23. The Hall–Kier alpha value is -1.01. The summed E-state index contributed by atoms with van der Waals surface area (Å²) in [6.07, 6.45) is 1.92. The SMILES string of the molecule is CCCNc1nc(-c2nc(C)cs2)nc(CC)c1Br. The highest BCUT2D eigenvalue weighted by Gasteiger charge is 2.14. The predicted octanol–water partition coefficient (Wildman–Crippen LogP) is 4.06. The fourth-order valence-electron chi connectivity index (χ4n) is 1.64. The number of hydrogen-bond donors (Lipinski definition) is 1. The van der Waals surface area contributed by atoms with Gasteiger partial charge in [0.15, 0.2) is 10.8 Å². The molecule has 102 valence electrons. The number of aryl methyl sites for hydroxylation is 2. The molecule has 4 nitrogen and oxygen atoms in total. The Morgan fingerprint density at radius 1 is 1.26 bits per heavy atom. The molecule has 0 radical (unpaired) electrons. The number of halogens is 1. The predicted molar refractivity (Wildman–Crippen MR) is 83.7 cm³/mol. The average molecular weight is 341 g/mol. The lowest BCUT2D eigenvalue weighted by Gasteiger charge is -2.10. The number of anilines is 1. The van der Waals surface area contributed by atoms with Gasteiger partial charge in [-0.3, -0.25) is 0 Å². The molecule has 0 saturated carbocycles. The number of nitrogens with zero attached hydrogens (tertiary/aromatic N) is 3. The molecule has 0 aliphatic rings. The molecule has 0 fully saturated rings. The van der Waals surface area contributed by atoms with Crippen molar-refractivity contribution in [3.8, 4) is 10.8 Å². The van der Waals surface area contributed by atoms with E-state index in [1.165, 1.54) is 0 Å². The summed E-state index contributed by atoms with van der Waals surface area (Å²) in [6, 6.07) is 0. The summed E-state index contributed by atoms with van der Waals surface area (Å²) in [4.78, 5) is 13.6. The smallest absolute Gasteiger partial charge is 0.191 e. The van der Waals surface area contributed by atoms with Crippen molar-refractivity contribution in [1.29, 1.82) is 0 Å². The van der Waals surface area contributed by atoms with Gasteiger partial charge in [-0.15, -0.1) is 11.3 Å². The second-order valence-corrected chi connectivity index (χ2v) is 5.88. The molecule has 2 aromatic heterocycles. The van der Waals surface area contributed by atoms with E-state index in [9.17, 15) is 0 Å². The zero-order valence-corrected chi connectivity index (χ0v) is 13.7. The molecule has 19 heavy (non-hydrogen) atoms. The van der Waals surface area contributed by atoms with Crippen LogP contribution in [-0.2, 0) is 6.42 Å². The van der Waals surface area contributed by atoms with E-state index in [0.29, 0.717) is 5.82 Å². The van der Waals surface area contributed by atoms with Crippen LogP contribution in [0, 0.1) is 6.92 Å². The van der Waals surface area contributed by atoms with Crippen LogP contribution in [-0.4, -0.2) is 21.5 Å². The van der Waals surface area contributed by atoms with Gasteiger partial charge in [0.2, 0.25) is 0 Å². The second kappa shape index (κ2) is 6.43. The summed E-state index contributed by atoms with van der Waals surface area (Å²) in [5, 5.41) is 6.23. The lowest BCUT2D eigenvalue weighted by molar-refractivity contribution is 0.942. The first-order valence-electron chi connectivity index (χ1n) is 6.38. The summed E-state index contributed by atoms with van der Waals surface area (Å²) in [5.74, 6) is 1.56. The van der Waals surface area contributed by atoms with E-state index in [2.05, 4.69) is 50.0 Å². The van der Waals surface area contributed by atoms with Gasteiger partial charge in [-0.1, -0.05) is 13.8 Å². The third-order valence-electron chi connectivity index (χ3n) is 2.61. The Kier molecular flexibility index (Phi) is 4.87. The molecule has 2 heterocycles. The molecule has 0 spiro atoms. The van der Waals surface area contributed by atoms with Gasteiger partial charge >= 0.3 is 0 Å². The standard InChI is InChI=1S/C13H17BrN4S/c1-4-6-15-11-10(14)9(5-2)17-12(18-11)13-16-8(3)7-19-13/h7H,4-6H2,1-3H3,(H,15,17,18). The molecule has 0 atom stereocenters. The molecule has 2 rings (SSSR count). The van der Waals surface area contributed by atoms with E-state index >= 15 is 0 Å². The molecule has 0 aliphatic carbocycles. The minimum atomic E-state index is 0.705. The quantitative estimate of drug-likeness (QED) is 0.891. The van der Waals surface area contributed by atoms with Gasteiger partial charge in [0.05, 0.1) is 10.2 Å². The highest BCUT2D eigenvalue weighted by molar-refractivity contribution is 9.10. The molecule has 0 unspecified atom stereocenters. The molecule has 0 saturated heterocycles. The molecular weight excluding hydrogens is 324 g/mol. The maximum Gasteiger partial charge on any atom is 0.191 e. The lowest BCUT2D eigenvalue weighted by Crippen LogP contribution is -2.07. The molecule has 2 aromatic rings. The first-order chi connectivity index (χ1) is 9.15. The summed E-state index contributed by atoms with van der Waals surface area (Å²) >= 11 is 5.16. The molecule has 0 bridgehead atoms. The molecule has 0 aliphatic heterocycles. The summed E-state index contributed by atoms with van der Waals surface area (Å²) in [6.45, 7) is 7.10. The van der Waals surface area contributed by atoms with Crippen LogP contribution in [0.4, 0.5) is 5.82 Å². The van der Waals surface area contributed by atoms with Crippen molar-refractivity contribution >= 4 is 33.1 Å². The number of thiazole rings is 1. The minimum absolute atomic E-state index is 0.705. The Bertz CT molecular complexity index is 568. The van der Waals surface area contributed by atoms with E-state index < -0.39 is 0 Å². The van der Waals surface area contributed by atoms with E-state index in [4.69, 9.17) is 0 Å². The summed E-state index contributed by atoms with van der Waals surface area (Å²) in [5.41, 5.74) is 2.02. The van der Waals surface area contributed by atoms with Crippen molar-refractivity contribution in [3.05, 3.63) is 21.2 Å². The maximum absolute atomic E-state index is 4.59. The highest BCUT2D eigenvalue weighted by Crippen LogP contribution is 2.28. The van der Waals surface area contributed by atoms with Crippen molar-refractivity contribution in [1.82, 2.24) is 15.0 Å². The van der Waals surface area contributed by atoms with Crippen LogP contribution >= 0.6 is 27.3 Å². The number of nitrogens with one attached hydrogen (secondary N) is 1. The van der Waals surface area contributed by atoms with Crippen molar-refractivity contribution in [3.63, 3.8) is 0 Å². The molecule has 0 amide bonds. The van der Waals surface area contributed by atoms with Crippen LogP contribution in [0.1, 0.15) is 31.7 Å². The van der Waals surface area contributed by atoms with Crippen molar-refractivity contribution < 1.29 is 0 Å². The third kappa shape index (κ3) is 3.30. The van der Waals surface area contributed by atoms with Crippen molar-refractivity contribution in [2.24, 2.45) is 0 Å². The van der Waals surface area contributed by atoms with Gasteiger partial charge in [-0.25, -0.2) is 15.0 Å². The monoisotopic (exact) mass is 340 g/mol. The Morgan fingerprint density at radius 2 is 2.05 bits per heavy atom. The first-order valence-corrected chi connectivity index (χ1v) is 8.05. The van der Waals surface area contributed by atoms with Crippen LogP contribution in [0.25, 0.3) is 10.8 Å².